The van der Waals surface area contributed by atoms with Crippen molar-refractivity contribution in [3.63, 3.8) is 0 Å². The van der Waals surface area contributed by atoms with E-state index in [1.807, 2.05) is 0 Å². The molecular formula is C2H6N3O. The molecule has 4 nitrogen and oxygen atoms in total. The van der Waals surface area contributed by atoms with E-state index in [-0.39, 0.29) is 0 Å². The fraction of sp³-hybridized carbons (Fsp3) is 1.00. The third-order valence-electron chi connectivity index (χ3n) is 0.644. The van der Waals surface area contributed by atoms with Gasteiger partial charge in [0.25, 0.3) is 0 Å². The highest BCUT2D eigenvalue weighted by Crippen LogP contribution is 1.75. The average Bonchev–Trinajstić information content (AvgIpc) is 1.86. The molecule has 0 aromatic heterocycles. The third kappa shape index (κ3) is 0.662. The summed E-state index contributed by atoms with van der Waals surface area (Å²) in [4.78, 5) is 0. The van der Waals surface area contributed by atoms with Crippen molar-refractivity contribution in [3.05, 3.63) is 0 Å². The molecule has 0 amide bonds. The Balaban J connectivity index is 2.18. The van der Waals surface area contributed by atoms with Crippen molar-refractivity contribution in [2.75, 3.05) is 13.1 Å². The molecule has 1 rings (SSSR count). The van der Waals surface area contributed by atoms with Gasteiger partial charge in [-0.1, -0.05) is 5.17 Å². The lowest BCUT2D eigenvalue weighted by Gasteiger charge is -1.95. The zero-order valence-electron chi connectivity index (χ0n) is 3.27. The number of rotatable bonds is 0. The maximum Gasteiger partial charge on any atom is 0.0586 e. The predicted octanol–water partition coefficient (Wildman–Crippen LogP) is -1.34. The summed E-state index contributed by atoms with van der Waals surface area (Å²) in [6, 6.07) is 0. The highest BCUT2D eigenvalue weighted by atomic mass is 16.6. The highest BCUT2D eigenvalue weighted by molar-refractivity contribution is 4.45. The Kier molecular flexibility index (Phi) is 1.02. The van der Waals surface area contributed by atoms with Crippen molar-refractivity contribution < 1.29 is 5.21 Å². The molecule has 0 atom stereocenters. The molecule has 0 aromatic carbocycles. The molecular weight excluding hydrogens is 82.0 g/mol. The zero-order chi connectivity index (χ0) is 4.41. The molecule has 1 aliphatic rings. The molecule has 1 saturated heterocycles. The molecule has 0 aromatic rings. The van der Waals surface area contributed by atoms with Crippen LogP contribution in [0, 0.1) is 0 Å². The topological polar surface area (TPSA) is 47.2 Å². The summed E-state index contributed by atoms with van der Waals surface area (Å²) >= 11 is 0. The summed E-state index contributed by atoms with van der Waals surface area (Å²) in [7, 11) is 0. The van der Waals surface area contributed by atoms with Crippen LogP contribution in [0.15, 0.2) is 0 Å². The third-order valence-corrected chi connectivity index (χ3v) is 0.644. The molecule has 0 spiro atoms. The van der Waals surface area contributed by atoms with Gasteiger partial charge in [-0.2, -0.15) is 5.53 Å². The zero-order valence-corrected chi connectivity index (χ0v) is 3.27. The van der Waals surface area contributed by atoms with E-state index < -0.39 is 0 Å². The molecule has 4 heteroatoms. The Hall–Kier alpha value is -0.160. The Morgan fingerprint density at radius 2 is 2.50 bits per heavy atom. The van der Waals surface area contributed by atoms with Crippen LogP contribution in [0.3, 0.4) is 0 Å². The van der Waals surface area contributed by atoms with E-state index in [9.17, 15) is 5.21 Å². The molecule has 6 heavy (non-hydrogen) atoms. The molecule has 1 aliphatic heterocycles. The van der Waals surface area contributed by atoms with Crippen LogP contribution in [0.25, 0.3) is 0 Å². The van der Waals surface area contributed by atoms with Crippen molar-refractivity contribution in [1.29, 1.82) is 0 Å². The van der Waals surface area contributed by atoms with Gasteiger partial charge in [-0.05, 0) is 0 Å². The molecule has 1 radical (unpaired) electrons. The van der Waals surface area contributed by atoms with Crippen molar-refractivity contribution in [3.8, 4) is 0 Å². The van der Waals surface area contributed by atoms with E-state index in [1.165, 1.54) is 0 Å². The van der Waals surface area contributed by atoms with Gasteiger partial charge in [0.2, 0.25) is 0 Å². The Labute approximate surface area is 35.6 Å². The normalized spacial score (nSPS) is 25.5. The fourth-order valence-corrected chi connectivity index (χ4v) is 0.357. The van der Waals surface area contributed by atoms with Crippen LogP contribution in [0.5, 0.6) is 0 Å². The monoisotopic (exact) mass is 88.1 g/mol. The van der Waals surface area contributed by atoms with Gasteiger partial charge < -0.3 is 0 Å². The number of hydrogen-bond donors (Lipinski definition) is 2. The molecule has 0 bridgehead atoms. The maximum atomic E-state index is 9.99. The van der Waals surface area contributed by atoms with Crippen LogP contribution in [-0.2, 0) is 5.21 Å². The molecule has 1 fully saturated rings. The van der Waals surface area contributed by atoms with Gasteiger partial charge in [-0.3, -0.25) is 0 Å². The van der Waals surface area contributed by atoms with Gasteiger partial charge in [0, 0.05) is 6.54 Å². The second-order valence-corrected chi connectivity index (χ2v) is 1.14. The first kappa shape index (κ1) is 4.01. The minimum atomic E-state index is 0.542. The van der Waals surface area contributed by atoms with Crippen LogP contribution in [0.2, 0.25) is 0 Å². The van der Waals surface area contributed by atoms with Crippen molar-refractivity contribution >= 4 is 0 Å². The summed E-state index contributed by atoms with van der Waals surface area (Å²) in [6.07, 6.45) is 0. The standard InChI is InChI=1S/C2H6N3O/c6-5-2-1-3-4-5/h3-4H,1-2H2. The number of hydroxylamine groups is 1. The summed E-state index contributed by atoms with van der Waals surface area (Å²) in [6.45, 7) is 1.28. The molecule has 0 saturated carbocycles. The molecule has 2 N–H and O–H groups in total. The van der Waals surface area contributed by atoms with Crippen LogP contribution >= 0.6 is 0 Å². The van der Waals surface area contributed by atoms with Gasteiger partial charge in [-0.15, -0.1) is 5.21 Å². The number of nitrogens with one attached hydrogen (secondary N) is 2. The van der Waals surface area contributed by atoms with E-state index in [0.717, 1.165) is 11.7 Å². The smallest absolute Gasteiger partial charge is 0.0586 e. The molecule has 35 valence electrons. The van der Waals surface area contributed by atoms with Gasteiger partial charge >= 0.3 is 0 Å². The minimum absolute atomic E-state index is 0.542. The quantitative estimate of drug-likeness (QED) is 0.385. The van der Waals surface area contributed by atoms with Gasteiger partial charge in [0.15, 0.2) is 0 Å². The predicted molar refractivity (Wildman–Crippen MR) is 18.5 cm³/mol. The van der Waals surface area contributed by atoms with E-state index >= 15 is 0 Å². The first-order chi connectivity index (χ1) is 2.89. The average molecular weight is 88.1 g/mol. The highest BCUT2D eigenvalue weighted by Gasteiger charge is 2.05. The van der Waals surface area contributed by atoms with Crippen LogP contribution in [0.1, 0.15) is 0 Å². The second kappa shape index (κ2) is 1.53. The summed E-state index contributed by atoms with van der Waals surface area (Å²) in [5.41, 5.74) is 4.98. The molecule has 0 aliphatic carbocycles. The second-order valence-electron chi connectivity index (χ2n) is 1.14. The Morgan fingerprint density at radius 1 is 1.67 bits per heavy atom. The Morgan fingerprint density at radius 3 is 2.67 bits per heavy atom. The van der Waals surface area contributed by atoms with Gasteiger partial charge in [0.1, 0.15) is 0 Å². The van der Waals surface area contributed by atoms with E-state index in [4.69, 9.17) is 0 Å². The van der Waals surface area contributed by atoms with Crippen molar-refractivity contribution in [2.24, 2.45) is 0 Å². The van der Waals surface area contributed by atoms with E-state index in [0.29, 0.717) is 6.54 Å². The largest absolute Gasteiger partial charge is 0.241 e. The molecule has 0 unspecified atom stereocenters. The van der Waals surface area contributed by atoms with Gasteiger partial charge in [0.05, 0.1) is 6.54 Å². The lowest BCUT2D eigenvalue weighted by Crippen LogP contribution is -2.31. The number of nitrogens with zero attached hydrogens (tertiary/aromatic N) is 1. The van der Waals surface area contributed by atoms with Crippen LogP contribution < -0.4 is 11.0 Å². The van der Waals surface area contributed by atoms with Gasteiger partial charge in [-0.25, -0.2) is 5.43 Å². The maximum absolute atomic E-state index is 9.99. The first-order valence-corrected chi connectivity index (χ1v) is 1.83. The lowest BCUT2D eigenvalue weighted by molar-refractivity contribution is -0.180. The fourth-order valence-electron chi connectivity index (χ4n) is 0.357. The number of hydrogen-bond acceptors (Lipinski definition) is 3. The number of hydrazine groups is 2. The van der Waals surface area contributed by atoms with Crippen LogP contribution in [-0.4, -0.2) is 18.3 Å². The summed E-state index contributed by atoms with van der Waals surface area (Å²) < 4.78 is 0. The van der Waals surface area contributed by atoms with E-state index in [1.54, 1.807) is 0 Å². The molecule has 1 heterocycles. The van der Waals surface area contributed by atoms with E-state index in [2.05, 4.69) is 11.0 Å². The summed E-state index contributed by atoms with van der Waals surface area (Å²) in [5.74, 6) is 0. The summed E-state index contributed by atoms with van der Waals surface area (Å²) in [5, 5.41) is 10.7. The Bertz CT molecular complexity index is 42.1. The van der Waals surface area contributed by atoms with Crippen molar-refractivity contribution in [1.82, 2.24) is 16.1 Å². The first-order valence-electron chi connectivity index (χ1n) is 1.83. The minimum Gasteiger partial charge on any atom is -0.241 e. The van der Waals surface area contributed by atoms with Crippen molar-refractivity contribution in [2.45, 2.75) is 0 Å². The SMILES string of the molecule is [O]N1CCNN1. The van der Waals surface area contributed by atoms with Crippen LogP contribution in [0.4, 0.5) is 0 Å². The lowest BCUT2D eigenvalue weighted by atomic mass is 10.7.